The van der Waals surface area contributed by atoms with Crippen LogP contribution < -0.4 is 0 Å². The molecule has 0 fully saturated rings. The van der Waals surface area contributed by atoms with Gasteiger partial charge < -0.3 is 10.2 Å². The third-order valence-corrected chi connectivity index (χ3v) is 1.39. The molecular weight excluding hydrogens is 160 g/mol. The topological polar surface area (TPSA) is 74.6 Å². The Morgan fingerprint density at radius 1 is 1.08 bits per heavy atom. The molecule has 0 spiro atoms. The number of allylic oxidation sites excluding steroid dienone is 2. The molecule has 0 radical (unpaired) electrons. The van der Waals surface area contributed by atoms with E-state index in [-0.39, 0.29) is 5.57 Å². The first kappa shape index (κ1) is 10.4. The maximum Gasteiger partial charge on any atom is 0.331 e. The maximum absolute atomic E-state index is 10.3. The van der Waals surface area contributed by atoms with Gasteiger partial charge >= 0.3 is 11.9 Å². The van der Waals surface area contributed by atoms with Gasteiger partial charge in [-0.05, 0) is 19.4 Å². The summed E-state index contributed by atoms with van der Waals surface area (Å²) >= 11 is 0. The summed E-state index contributed by atoms with van der Waals surface area (Å²) in [5.41, 5.74) is 0.581. The smallest absolute Gasteiger partial charge is 0.331 e. The van der Waals surface area contributed by atoms with E-state index in [1.54, 1.807) is 6.92 Å². The van der Waals surface area contributed by atoms with Crippen LogP contribution in [0.15, 0.2) is 23.3 Å². The first-order valence-corrected chi connectivity index (χ1v) is 3.27. The van der Waals surface area contributed by atoms with Crippen LogP contribution >= 0.6 is 0 Å². The Morgan fingerprint density at radius 3 is 1.92 bits per heavy atom. The third-order valence-electron chi connectivity index (χ3n) is 1.39. The second kappa shape index (κ2) is 4.33. The predicted molar refractivity (Wildman–Crippen MR) is 42.8 cm³/mol. The molecule has 66 valence electrons. The van der Waals surface area contributed by atoms with E-state index in [9.17, 15) is 9.59 Å². The number of carboxylic acid groups (broad SMARTS) is 2. The van der Waals surface area contributed by atoms with Gasteiger partial charge in [0.15, 0.2) is 0 Å². The van der Waals surface area contributed by atoms with Gasteiger partial charge in [-0.1, -0.05) is 6.08 Å². The van der Waals surface area contributed by atoms with Crippen molar-refractivity contribution >= 4 is 11.9 Å². The molecule has 4 nitrogen and oxygen atoms in total. The molecule has 12 heavy (non-hydrogen) atoms. The summed E-state index contributed by atoms with van der Waals surface area (Å²) in [6, 6.07) is 0. The summed E-state index contributed by atoms with van der Waals surface area (Å²) in [7, 11) is 0. The maximum atomic E-state index is 10.3. The lowest BCUT2D eigenvalue weighted by Gasteiger charge is -1.95. The highest BCUT2D eigenvalue weighted by molar-refractivity contribution is 5.88. The van der Waals surface area contributed by atoms with Crippen LogP contribution in [0.4, 0.5) is 0 Å². The largest absolute Gasteiger partial charge is 0.478 e. The summed E-state index contributed by atoms with van der Waals surface area (Å²) < 4.78 is 0. The van der Waals surface area contributed by atoms with E-state index in [2.05, 4.69) is 0 Å². The zero-order valence-corrected chi connectivity index (χ0v) is 6.87. The van der Waals surface area contributed by atoms with Crippen molar-refractivity contribution in [3.63, 3.8) is 0 Å². The summed E-state index contributed by atoms with van der Waals surface area (Å²) in [6.45, 7) is 2.97. The van der Waals surface area contributed by atoms with Crippen molar-refractivity contribution in [3.8, 4) is 0 Å². The Morgan fingerprint density at radius 2 is 1.58 bits per heavy atom. The van der Waals surface area contributed by atoms with E-state index in [1.165, 1.54) is 13.0 Å². The molecular formula is C8H10O4. The fourth-order valence-corrected chi connectivity index (χ4v) is 0.490. The monoisotopic (exact) mass is 170 g/mol. The van der Waals surface area contributed by atoms with Crippen molar-refractivity contribution in [2.24, 2.45) is 0 Å². The molecule has 0 rings (SSSR count). The first-order valence-electron chi connectivity index (χ1n) is 3.27. The number of aliphatic carboxylic acids is 2. The molecule has 0 aromatic heterocycles. The summed E-state index contributed by atoms with van der Waals surface area (Å²) in [4.78, 5) is 20.4. The Kier molecular flexibility index (Phi) is 3.76. The molecule has 0 saturated heterocycles. The lowest BCUT2D eigenvalue weighted by atomic mass is 10.1. The van der Waals surface area contributed by atoms with Crippen LogP contribution in [0.5, 0.6) is 0 Å². The van der Waals surface area contributed by atoms with Crippen LogP contribution in [-0.2, 0) is 9.59 Å². The molecule has 0 aromatic carbocycles. The SMILES string of the molecule is CC(/C=C\C(=O)O)=C(\C)C(=O)O. The fraction of sp³-hybridized carbons (Fsp3) is 0.250. The van der Waals surface area contributed by atoms with Crippen LogP contribution in [0.1, 0.15) is 13.8 Å². The Hall–Kier alpha value is -1.58. The van der Waals surface area contributed by atoms with E-state index in [1.807, 2.05) is 0 Å². The van der Waals surface area contributed by atoms with Gasteiger partial charge in [-0.25, -0.2) is 9.59 Å². The van der Waals surface area contributed by atoms with Crippen LogP contribution in [0, 0.1) is 0 Å². The van der Waals surface area contributed by atoms with Crippen molar-refractivity contribution in [1.29, 1.82) is 0 Å². The number of carboxylic acids is 2. The molecule has 0 bridgehead atoms. The number of carbonyl (C=O) groups is 2. The molecule has 0 amide bonds. The van der Waals surface area contributed by atoms with Crippen molar-refractivity contribution in [1.82, 2.24) is 0 Å². The minimum atomic E-state index is -1.09. The Bertz CT molecular complexity index is 260. The summed E-state index contributed by atoms with van der Waals surface area (Å²) in [6.07, 6.45) is 2.16. The van der Waals surface area contributed by atoms with Crippen molar-refractivity contribution < 1.29 is 19.8 Å². The van der Waals surface area contributed by atoms with Crippen LogP contribution in [0.3, 0.4) is 0 Å². The van der Waals surface area contributed by atoms with Crippen molar-refractivity contribution in [3.05, 3.63) is 23.3 Å². The second-order valence-corrected chi connectivity index (χ2v) is 2.28. The molecule has 0 aliphatic rings. The molecule has 4 heteroatoms. The van der Waals surface area contributed by atoms with Gasteiger partial charge in [0.2, 0.25) is 0 Å². The van der Waals surface area contributed by atoms with E-state index in [0.29, 0.717) is 5.57 Å². The number of hydrogen-bond acceptors (Lipinski definition) is 2. The fourth-order valence-electron chi connectivity index (χ4n) is 0.490. The lowest BCUT2D eigenvalue weighted by Crippen LogP contribution is -1.98. The lowest BCUT2D eigenvalue weighted by molar-refractivity contribution is -0.133. The standard InChI is InChI=1S/C8H10O4/c1-5(3-4-7(9)10)6(2)8(11)12/h3-4H,1-2H3,(H,9,10)(H,11,12)/b4-3-,6-5-. The minimum Gasteiger partial charge on any atom is -0.478 e. The van der Waals surface area contributed by atoms with Crippen LogP contribution in [0.2, 0.25) is 0 Å². The zero-order chi connectivity index (χ0) is 9.72. The van der Waals surface area contributed by atoms with Gasteiger partial charge in [0, 0.05) is 11.6 Å². The van der Waals surface area contributed by atoms with Gasteiger partial charge in [0.1, 0.15) is 0 Å². The normalized spacial score (nSPS) is 12.8. The van der Waals surface area contributed by atoms with E-state index in [4.69, 9.17) is 10.2 Å². The molecule has 0 unspecified atom stereocenters. The molecule has 0 atom stereocenters. The minimum absolute atomic E-state index is 0.146. The van der Waals surface area contributed by atoms with Crippen LogP contribution in [-0.4, -0.2) is 22.2 Å². The van der Waals surface area contributed by atoms with Gasteiger partial charge in [-0.2, -0.15) is 0 Å². The van der Waals surface area contributed by atoms with Gasteiger partial charge in [-0.15, -0.1) is 0 Å². The molecule has 0 aliphatic carbocycles. The van der Waals surface area contributed by atoms with Crippen molar-refractivity contribution in [2.45, 2.75) is 13.8 Å². The first-order chi connectivity index (χ1) is 5.45. The molecule has 2 N–H and O–H groups in total. The highest BCUT2D eigenvalue weighted by Gasteiger charge is 2.02. The van der Waals surface area contributed by atoms with Gasteiger partial charge in [-0.3, -0.25) is 0 Å². The predicted octanol–water partition coefficient (Wildman–Crippen LogP) is 1.05. The average Bonchev–Trinajstić information content (AvgIpc) is 1.98. The number of rotatable bonds is 3. The average molecular weight is 170 g/mol. The highest BCUT2D eigenvalue weighted by atomic mass is 16.4. The number of hydrogen-bond donors (Lipinski definition) is 2. The quantitative estimate of drug-likeness (QED) is 0.490. The van der Waals surface area contributed by atoms with E-state index >= 15 is 0 Å². The zero-order valence-electron chi connectivity index (χ0n) is 6.87. The highest BCUT2D eigenvalue weighted by Crippen LogP contribution is 2.04. The summed E-state index contributed by atoms with van der Waals surface area (Å²) in [5, 5.41) is 16.7. The molecule has 0 aliphatic heterocycles. The molecule has 0 saturated carbocycles. The van der Waals surface area contributed by atoms with E-state index < -0.39 is 11.9 Å². The Balaban J connectivity index is 4.58. The van der Waals surface area contributed by atoms with Crippen LogP contribution in [0.25, 0.3) is 0 Å². The molecule has 0 aromatic rings. The second-order valence-electron chi connectivity index (χ2n) is 2.28. The summed E-state index contributed by atoms with van der Waals surface area (Å²) in [5.74, 6) is -2.13. The third kappa shape index (κ3) is 3.55. The Labute approximate surface area is 69.8 Å². The molecule has 0 heterocycles. The van der Waals surface area contributed by atoms with Gasteiger partial charge in [0.05, 0.1) is 0 Å². The van der Waals surface area contributed by atoms with E-state index in [0.717, 1.165) is 6.08 Å². The van der Waals surface area contributed by atoms with Gasteiger partial charge in [0.25, 0.3) is 0 Å². The van der Waals surface area contributed by atoms with Crippen molar-refractivity contribution in [2.75, 3.05) is 0 Å².